The Bertz CT molecular complexity index is 950. The number of nitrogens with one attached hydrogen (secondary N) is 1. The third-order valence-electron chi connectivity index (χ3n) is 6.40. The van der Waals surface area contributed by atoms with E-state index in [0.29, 0.717) is 31.1 Å². The lowest BCUT2D eigenvalue weighted by molar-refractivity contribution is -0.136. The van der Waals surface area contributed by atoms with Crippen molar-refractivity contribution in [2.24, 2.45) is 11.8 Å². The normalized spacial score (nSPS) is 25.2. The summed E-state index contributed by atoms with van der Waals surface area (Å²) in [5, 5.41) is 3.16. The third kappa shape index (κ3) is 4.76. The number of amides is 1. The van der Waals surface area contributed by atoms with Crippen LogP contribution in [0.5, 0.6) is 0 Å². The first kappa shape index (κ1) is 21.8. The first-order valence-electron chi connectivity index (χ1n) is 10.8. The van der Waals surface area contributed by atoms with E-state index in [2.05, 4.69) is 34.2 Å². The largest absolute Gasteiger partial charge is 0.418 e. The second-order valence-electron chi connectivity index (χ2n) is 8.91. The van der Waals surface area contributed by atoms with E-state index in [1.165, 1.54) is 18.5 Å². The van der Waals surface area contributed by atoms with E-state index in [-0.39, 0.29) is 28.9 Å². The fraction of sp³-hybridized carbons (Fsp3) is 0.591. The van der Waals surface area contributed by atoms with Gasteiger partial charge in [0, 0.05) is 38.4 Å². The first-order chi connectivity index (χ1) is 14.7. The smallest absolute Gasteiger partial charge is 0.367 e. The van der Waals surface area contributed by atoms with Gasteiger partial charge in [0.2, 0.25) is 5.91 Å². The standard InChI is InChI=1S/C22H28F3N5O/c1-14-11-30(13-17(14)28-19(31)10-15-4-3-9-29(2)12-15)18-6-5-16(22(23,24)25)20-21(18)27-8-7-26-20/h5-8,14-15,17H,3-4,9-13H2,1-2H3,(H,28,31)/t14-,15?,17+/m1/s1. The van der Waals surface area contributed by atoms with Crippen LogP contribution in [0.15, 0.2) is 24.5 Å². The highest BCUT2D eigenvalue weighted by Crippen LogP contribution is 2.38. The summed E-state index contributed by atoms with van der Waals surface area (Å²) in [6.45, 7) is 5.24. The van der Waals surface area contributed by atoms with E-state index in [1.807, 2.05) is 4.90 Å². The van der Waals surface area contributed by atoms with Gasteiger partial charge in [-0.1, -0.05) is 6.92 Å². The Morgan fingerprint density at radius 2 is 1.90 bits per heavy atom. The Balaban J connectivity index is 1.47. The molecule has 0 spiro atoms. The molecule has 168 valence electrons. The molecule has 2 aliphatic rings. The Morgan fingerprint density at radius 1 is 1.16 bits per heavy atom. The first-order valence-corrected chi connectivity index (χ1v) is 10.8. The Labute approximate surface area is 179 Å². The van der Waals surface area contributed by atoms with Crippen LogP contribution in [-0.4, -0.2) is 60.0 Å². The van der Waals surface area contributed by atoms with Crippen molar-refractivity contribution in [3.05, 3.63) is 30.1 Å². The lowest BCUT2D eigenvalue weighted by atomic mass is 9.94. The highest BCUT2D eigenvalue weighted by Gasteiger charge is 2.36. The van der Waals surface area contributed by atoms with Gasteiger partial charge in [0.15, 0.2) is 0 Å². The van der Waals surface area contributed by atoms with Crippen LogP contribution in [0.25, 0.3) is 11.0 Å². The van der Waals surface area contributed by atoms with Gasteiger partial charge in [-0.3, -0.25) is 14.8 Å². The lowest BCUT2D eigenvalue weighted by Crippen LogP contribution is -2.42. The minimum absolute atomic E-state index is 0.0519. The number of carbonyl (C=O) groups excluding carboxylic acids is 1. The van der Waals surface area contributed by atoms with E-state index in [0.717, 1.165) is 32.0 Å². The van der Waals surface area contributed by atoms with E-state index >= 15 is 0 Å². The maximum atomic E-state index is 13.4. The average molecular weight is 435 g/mol. The molecule has 1 N–H and O–H groups in total. The number of fused-ring (bicyclic) bond motifs is 1. The highest BCUT2D eigenvalue weighted by atomic mass is 19.4. The number of likely N-dealkylation sites (tertiary alicyclic amines) is 1. The molecule has 1 unspecified atom stereocenters. The summed E-state index contributed by atoms with van der Waals surface area (Å²) in [7, 11) is 2.08. The van der Waals surface area contributed by atoms with Crippen molar-refractivity contribution < 1.29 is 18.0 Å². The number of alkyl halides is 3. The van der Waals surface area contributed by atoms with Crippen molar-refractivity contribution >= 4 is 22.6 Å². The van der Waals surface area contributed by atoms with Gasteiger partial charge < -0.3 is 15.1 Å². The molecule has 0 saturated carbocycles. The predicted octanol–water partition coefficient (Wildman–Crippen LogP) is 3.32. The van der Waals surface area contributed by atoms with Crippen molar-refractivity contribution in [2.45, 2.75) is 38.4 Å². The molecule has 2 saturated heterocycles. The van der Waals surface area contributed by atoms with Crippen molar-refractivity contribution in [1.29, 1.82) is 0 Å². The molecule has 4 rings (SSSR count). The summed E-state index contributed by atoms with van der Waals surface area (Å²) >= 11 is 0. The molecular formula is C22H28F3N5O. The zero-order chi connectivity index (χ0) is 22.2. The number of nitrogens with zero attached hydrogens (tertiary/aromatic N) is 4. The number of piperidine rings is 1. The molecule has 3 atom stereocenters. The summed E-state index contributed by atoms with van der Waals surface area (Å²) in [5.74, 6) is 0.601. The molecule has 1 aromatic heterocycles. The highest BCUT2D eigenvalue weighted by molar-refractivity contribution is 5.91. The van der Waals surface area contributed by atoms with Crippen LogP contribution in [0.3, 0.4) is 0 Å². The number of carbonyl (C=O) groups is 1. The van der Waals surface area contributed by atoms with E-state index < -0.39 is 11.7 Å². The summed E-state index contributed by atoms with van der Waals surface area (Å²) in [6, 6.07) is 2.49. The van der Waals surface area contributed by atoms with E-state index in [4.69, 9.17) is 0 Å². The maximum absolute atomic E-state index is 13.4. The molecule has 9 heteroatoms. The third-order valence-corrected chi connectivity index (χ3v) is 6.40. The molecule has 6 nitrogen and oxygen atoms in total. The Morgan fingerprint density at radius 3 is 2.61 bits per heavy atom. The second-order valence-corrected chi connectivity index (χ2v) is 8.91. The number of rotatable bonds is 4. The quantitative estimate of drug-likeness (QED) is 0.799. The van der Waals surface area contributed by atoms with Crippen molar-refractivity contribution in [3.63, 3.8) is 0 Å². The summed E-state index contributed by atoms with van der Waals surface area (Å²) in [6.07, 6.45) is 0.896. The minimum atomic E-state index is -4.49. The van der Waals surface area contributed by atoms with Gasteiger partial charge in [-0.2, -0.15) is 13.2 Å². The zero-order valence-electron chi connectivity index (χ0n) is 17.8. The van der Waals surface area contributed by atoms with Gasteiger partial charge in [0.25, 0.3) is 0 Å². The molecule has 1 aromatic carbocycles. The number of hydrogen-bond acceptors (Lipinski definition) is 5. The van der Waals surface area contributed by atoms with Crippen molar-refractivity contribution in [1.82, 2.24) is 20.2 Å². The van der Waals surface area contributed by atoms with Gasteiger partial charge in [0.05, 0.1) is 17.3 Å². The molecule has 0 bridgehead atoms. The molecule has 2 aromatic rings. The SMILES string of the molecule is C[C@@H]1CN(c2ccc(C(F)(F)F)c3nccnc23)C[C@@H]1NC(=O)CC1CCCN(C)C1. The van der Waals surface area contributed by atoms with Crippen LogP contribution in [0, 0.1) is 11.8 Å². The lowest BCUT2D eigenvalue weighted by Gasteiger charge is -2.29. The van der Waals surface area contributed by atoms with Gasteiger partial charge in [-0.05, 0) is 50.4 Å². The molecule has 0 aliphatic carbocycles. The van der Waals surface area contributed by atoms with Crippen LogP contribution in [0.1, 0.15) is 31.7 Å². The second kappa shape index (κ2) is 8.61. The molecule has 31 heavy (non-hydrogen) atoms. The van der Waals surface area contributed by atoms with Gasteiger partial charge in [-0.25, -0.2) is 0 Å². The van der Waals surface area contributed by atoms with Crippen LogP contribution in [0.4, 0.5) is 18.9 Å². The summed E-state index contributed by atoms with van der Waals surface area (Å²) in [4.78, 5) is 25.1. The fourth-order valence-electron chi connectivity index (χ4n) is 4.85. The molecular weight excluding hydrogens is 407 g/mol. The van der Waals surface area contributed by atoms with Crippen LogP contribution in [-0.2, 0) is 11.0 Å². The Hall–Kier alpha value is -2.42. The minimum Gasteiger partial charge on any atom is -0.367 e. The maximum Gasteiger partial charge on any atom is 0.418 e. The monoisotopic (exact) mass is 435 g/mol. The summed E-state index contributed by atoms with van der Waals surface area (Å²) in [5.41, 5.74) is -0.0710. The number of benzene rings is 1. The fourth-order valence-corrected chi connectivity index (χ4v) is 4.85. The van der Waals surface area contributed by atoms with Gasteiger partial charge in [-0.15, -0.1) is 0 Å². The zero-order valence-corrected chi connectivity index (χ0v) is 17.8. The number of anilines is 1. The van der Waals surface area contributed by atoms with Crippen LogP contribution >= 0.6 is 0 Å². The number of aromatic nitrogens is 2. The average Bonchev–Trinajstić information content (AvgIpc) is 3.06. The predicted molar refractivity (Wildman–Crippen MR) is 113 cm³/mol. The molecule has 2 aliphatic heterocycles. The van der Waals surface area contributed by atoms with Crippen molar-refractivity contribution in [3.8, 4) is 0 Å². The number of hydrogen-bond donors (Lipinski definition) is 1. The van der Waals surface area contributed by atoms with Crippen LogP contribution in [0.2, 0.25) is 0 Å². The van der Waals surface area contributed by atoms with Gasteiger partial charge >= 0.3 is 6.18 Å². The van der Waals surface area contributed by atoms with Crippen LogP contribution < -0.4 is 10.2 Å². The van der Waals surface area contributed by atoms with E-state index in [9.17, 15) is 18.0 Å². The molecule has 3 heterocycles. The van der Waals surface area contributed by atoms with E-state index in [1.54, 1.807) is 0 Å². The molecule has 0 radical (unpaired) electrons. The molecule has 2 fully saturated rings. The van der Waals surface area contributed by atoms with Crippen molar-refractivity contribution in [2.75, 3.05) is 38.1 Å². The van der Waals surface area contributed by atoms with Gasteiger partial charge in [0.1, 0.15) is 11.0 Å². The molecule has 1 amide bonds. The Kier molecular flexibility index (Phi) is 6.05. The summed E-state index contributed by atoms with van der Waals surface area (Å²) < 4.78 is 40.1. The number of halogens is 3. The topological polar surface area (TPSA) is 61.4 Å².